The molecule has 4 heteroatoms. The molecule has 2 amide bonds. The molecule has 4 nitrogen and oxygen atoms in total. The Morgan fingerprint density at radius 3 is 2.45 bits per heavy atom. The first-order valence-corrected chi connectivity index (χ1v) is 6.28. The predicted molar refractivity (Wildman–Crippen MR) is 81.6 cm³/mol. The standard InChI is InChI=1S/C16H16N2O2/c19-11-5-7-13-6-4-10-15(12-13)18-16(20)17-14-8-2-1-3-9-14/h1-10,12,19H,11H2,(H2,17,18,20)/b7-5+. The van der Waals surface area contributed by atoms with Gasteiger partial charge in [0.1, 0.15) is 0 Å². The van der Waals surface area contributed by atoms with Crippen LogP contribution in [0, 0.1) is 0 Å². The molecule has 102 valence electrons. The minimum atomic E-state index is -0.292. The van der Waals surface area contributed by atoms with Crippen LogP contribution in [0.3, 0.4) is 0 Å². The van der Waals surface area contributed by atoms with Gasteiger partial charge in [-0.05, 0) is 29.8 Å². The summed E-state index contributed by atoms with van der Waals surface area (Å²) >= 11 is 0. The van der Waals surface area contributed by atoms with Crippen molar-refractivity contribution in [2.24, 2.45) is 0 Å². The van der Waals surface area contributed by atoms with E-state index in [0.717, 1.165) is 11.3 Å². The number of para-hydroxylation sites is 1. The van der Waals surface area contributed by atoms with Crippen molar-refractivity contribution in [3.8, 4) is 0 Å². The fourth-order valence-corrected chi connectivity index (χ4v) is 1.72. The maximum atomic E-state index is 11.8. The number of anilines is 2. The summed E-state index contributed by atoms with van der Waals surface area (Å²) in [6.45, 7) is -0.00779. The van der Waals surface area contributed by atoms with E-state index in [1.54, 1.807) is 18.2 Å². The highest BCUT2D eigenvalue weighted by Gasteiger charge is 2.02. The van der Waals surface area contributed by atoms with E-state index in [9.17, 15) is 4.79 Å². The van der Waals surface area contributed by atoms with E-state index in [1.165, 1.54) is 0 Å². The summed E-state index contributed by atoms with van der Waals surface area (Å²) in [5.41, 5.74) is 2.34. The number of hydrogen-bond donors (Lipinski definition) is 3. The summed E-state index contributed by atoms with van der Waals surface area (Å²) in [5, 5.41) is 14.2. The van der Waals surface area contributed by atoms with Crippen molar-refractivity contribution in [1.29, 1.82) is 0 Å². The molecule has 0 atom stereocenters. The van der Waals surface area contributed by atoms with Crippen LogP contribution >= 0.6 is 0 Å². The number of urea groups is 1. The molecule has 0 saturated carbocycles. The van der Waals surface area contributed by atoms with Crippen LogP contribution in [0.1, 0.15) is 5.56 Å². The second-order valence-corrected chi connectivity index (χ2v) is 4.16. The van der Waals surface area contributed by atoms with Gasteiger partial charge in [0.15, 0.2) is 0 Å². The Bertz CT molecular complexity index is 594. The monoisotopic (exact) mass is 268 g/mol. The lowest BCUT2D eigenvalue weighted by Crippen LogP contribution is -2.19. The van der Waals surface area contributed by atoms with Gasteiger partial charge in [0.2, 0.25) is 0 Å². The largest absolute Gasteiger partial charge is 0.392 e. The van der Waals surface area contributed by atoms with Crippen LogP contribution in [0.15, 0.2) is 60.7 Å². The summed E-state index contributed by atoms with van der Waals surface area (Å²) in [7, 11) is 0. The second kappa shape index (κ2) is 7.11. The normalized spacial score (nSPS) is 10.4. The van der Waals surface area contributed by atoms with Crippen LogP contribution in [0.5, 0.6) is 0 Å². The highest BCUT2D eigenvalue weighted by Crippen LogP contribution is 2.13. The summed E-state index contributed by atoms with van der Waals surface area (Å²) in [6, 6.07) is 16.3. The number of carbonyl (C=O) groups excluding carboxylic acids is 1. The van der Waals surface area contributed by atoms with E-state index >= 15 is 0 Å². The van der Waals surface area contributed by atoms with Gasteiger partial charge in [0.25, 0.3) is 0 Å². The van der Waals surface area contributed by atoms with Gasteiger partial charge >= 0.3 is 6.03 Å². The van der Waals surface area contributed by atoms with Crippen LogP contribution in [0.4, 0.5) is 16.2 Å². The molecule has 0 unspecified atom stereocenters. The minimum Gasteiger partial charge on any atom is -0.392 e. The summed E-state index contributed by atoms with van der Waals surface area (Å²) in [4.78, 5) is 11.8. The average Bonchev–Trinajstić information content (AvgIpc) is 2.46. The number of rotatable bonds is 4. The molecule has 3 N–H and O–H groups in total. The molecule has 0 fully saturated rings. The molecule has 0 heterocycles. The van der Waals surface area contributed by atoms with Crippen molar-refractivity contribution in [1.82, 2.24) is 0 Å². The molecule has 0 bridgehead atoms. The fourth-order valence-electron chi connectivity index (χ4n) is 1.72. The van der Waals surface area contributed by atoms with Crippen LogP contribution in [-0.2, 0) is 0 Å². The quantitative estimate of drug-likeness (QED) is 0.796. The lowest BCUT2D eigenvalue weighted by atomic mass is 10.2. The Labute approximate surface area is 117 Å². The fraction of sp³-hybridized carbons (Fsp3) is 0.0625. The smallest absolute Gasteiger partial charge is 0.323 e. The van der Waals surface area contributed by atoms with Gasteiger partial charge < -0.3 is 15.7 Å². The van der Waals surface area contributed by atoms with Crippen molar-refractivity contribution in [2.45, 2.75) is 0 Å². The molecule has 20 heavy (non-hydrogen) atoms. The van der Waals surface area contributed by atoms with Gasteiger partial charge in [-0.1, -0.05) is 42.5 Å². The van der Waals surface area contributed by atoms with Gasteiger partial charge in [-0.15, -0.1) is 0 Å². The third kappa shape index (κ3) is 4.26. The van der Waals surface area contributed by atoms with Crippen molar-refractivity contribution < 1.29 is 9.90 Å². The molecule has 2 aromatic carbocycles. The highest BCUT2D eigenvalue weighted by atomic mass is 16.2. The van der Waals surface area contributed by atoms with Crippen molar-refractivity contribution in [2.75, 3.05) is 17.2 Å². The Morgan fingerprint density at radius 2 is 1.70 bits per heavy atom. The van der Waals surface area contributed by atoms with E-state index in [4.69, 9.17) is 5.11 Å². The number of benzene rings is 2. The number of carbonyl (C=O) groups is 1. The van der Waals surface area contributed by atoms with Gasteiger partial charge in [-0.2, -0.15) is 0 Å². The lowest BCUT2D eigenvalue weighted by Gasteiger charge is -2.08. The summed E-state index contributed by atoms with van der Waals surface area (Å²) < 4.78 is 0. The van der Waals surface area contributed by atoms with Crippen molar-refractivity contribution in [3.05, 3.63) is 66.2 Å². The maximum absolute atomic E-state index is 11.8. The highest BCUT2D eigenvalue weighted by molar-refractivity contribution is 5.99. The lowest BCUT2D eigenvalue weighted by molar-refractivity contribution is 0.262. The Morgan fingerprint density at radius 1 is 1.00 bits per heavy atom. The van der Waals surface area contributed by atoms with Gasteiger partial charge in [-0.3, -0.25) is 0 Å². The summed E-state index contributed by atoms with van der Waals surface area (Å²) in [5.74, 6) is 0. The first kappa shape index (κ1) is 13.8. The number of aliphatic hydroxyl groups is 1. The van der Waals surface area contributed by atoms with Crippen LogP contribution in [0.25, 0.3) is 6.08 Å². The van der Waals surface area contributed by atoms with Crippen LogP contribution in [-0.4, -0.2) is 17.7 Å². The van der Waals surface area contributed by atoms with Gasteiger partial charge in [0.05, 0.1) is 6.61 Å². The minimum absolute atomic E-state index is 0.00779. The van der Waals surface area contributed by atoms with Crippen molar-refractivity contribution >= 4 is 23.5 Å². The van der Waals surface area contributed by atoms with E-state index in [1.807, 2.05) is 48.5 Å². The van der Waals surface area contributed by atoms with Gasteiger partial charge in [-0.25, -0.2) is 4.79 Å². The molecule has 0 spiro atoms. The molecular formula is C16H16N2O2. The number of nitrogens with one attached hydrogen (secondary N) is 2. The molecule has 2 rings (SSSR count). The van der Waals surface area contributed by atoms with E-state index < -0.39 is 0 Å². The van der Waals surface area contributed by atoms with Crippen LogP contribution < -0.4 is 10.6 Å². The topological polar surface area (TPSA) is 61.4 Å². The number of aliphatic hydroxyl groups excluding tert-OH is 1. The summed E-state index contributed by atoms with van der Waals surface area (Å²) in [6.07, 6.45) is 3.43. The first-order chi connectivity index (χ1) is 9.78. The molecule has 0 aliphatic carbocycles. The first-order valence-electron chi connectivity index (χ1n) is 6.28. The molecule has 0 aromatic heterocycles. The zero-order valence-corrected chi connectivity index (χ0v) is 10.9. The molecular weight excluding hydrogens is 252 g/mol. The maximum Gasteiger partial charge on any atom is 0.323 e. The van der Waals surface area contributed by atoms with E-state index in [2.05, 4.69) is 10.6 Å². The Balaban J connectivity index is 1.99. The number of hydrogen-bond acceptors (Lipinski definition) is 2. The Hall–Kier alpha value is -2.59. The number of amides is 2. The van der Waals surface area contributed by atoms with E-state index in [-0.39, 0.29) is 12.6 Å². The SMILES string of the molecule is O=C(Nc1ccccc1)Nc1cccc(/C=C/CO)c1. The molecule has 0 saturated heterocycles. The second-order valence-electron chi connectivity index (χ2n) is 4.16. The van der Waals surface area contributed by atoms with Gasteiger partial charge in [0, 0.05) is 11.4 Å². The van der Waals surface area contributed by atoms with Crippen molar-refractivity contribution in [3.63, 3.8) is 0 Å². The van der Waals surface area contributed by atoms with Crippen LogP contribution in [0.2, 0.25) is 0 Å². The zero-order valence-electron chi connectivity index (χ0n) is 10.9. The molecule has 0 aliphatic rings. The molecule has 0 radical (unpaired) electrons. The third-order valence-corrected chi connectivity index (χ3v) is 2.59. The third-order valence-electron chi connectivity index (χ3n) is 2.59. The van der Waals surface area contributed by atoms with E-state index in [0.29, 0.717) is 5.69 Å². The molecule has 0 aliphatic heterocycles. The molecule has 2 aromatic rings. The zero-order chi connectivity index (χ0) is 14.2. The predicted octanol–water partition coefficient (Wildman–Crippen LogP) is 3.34. The average molecular weight is 268 g/mol. The Kier molecular flexibility index (Phi) is 4.92.